The number of carbonyl (C=O) groups is 1. The van der Waals surface area contributed by atoms with Crippen LogP contribution in [0.3, 0.4) is 0 Å². The van der Waals surface area contributed by atoms with Crippen LogP contribution in [-0.2, 0) is 11.8 Å². The monoisotopic (exact) mass is 483 g/mol. The maximum absolute atomic E-state index is 13.9. The summed E-state index contributed by atoms with van der Waals surface area (Å²) in [6.45, 7) is 2.02. The topological polar surface area (TPSA) is 63.9 Å². The highest BCUT2D eigenvalue weighted by atomic mass is 32.2. The van der Waals surface area contributed by atoms with Gasteiger partial charge in [0.1, 0.15) is 5.52 Å². The van der Waals surface area contributed by atoms with Gasteiger partial charge in [0, 0.05) is 22.2 Å². The van der Waals surface area contributed by atoms with E-state index in [1.807, 2.05) is 84.1 Å². The third kappa shape index (κ3) is 3.36. The quantitative estimate of drug-likeness (QED) is 0.283. The number of anilines is 2. The van der Waals surface area contributed by atoms with Gasteiger partial charge in [-0.1, -0.05) is 72.9 Å². The predicted molar refractivity (Wildman–Crippen MR) is 138 cm³/mol. The van der Waals surface area contributed by atoms with Crippen LogP contribution in [0.4, 0.5) is 11.4 Å². The molecule has 0 spiro atoms. The van der Waals surface area contributed by atoms with E-state index in [1.165, 1.54) is 11.8 Å². The molecule has 0 aliphatic carbocycles. The van der Waals surface area contributed by atoms with Crippen molar-refractivity contribution in [2.75, 3.05) is 4.90 Å². The van der Waals surface area contributed by atoms with Crippen LogP contribution in [0.2, 0.25) is 0 Å². The second-order valence-corrected chi connectivity index (χ2v) is 10.3. The maximum Gasteiger partial charge on any atom is 0.245 e. The zero-order valence-electron chi connectivity index (χ0n) is 18.7. The summed E-state index contributed by atoms with van der Waals surface area (Å²) in [5.74, 6) is 0.0217. The fraction of sp³-hybridized carbons (Fsp3) is 0.154. The summed E-state index contributed by atoms with van der Waals surface area (Å²) in [4.78, 5) is 22.7. The van der Waals surface area contributed by atoms with E-state index in [2.05, 4.69) is 22.3 Å². The van der Waals surface area contributed by atoms with Gasteiger partial charge in [0.2, 0.25) is 11.1 Å². The zero-order chi connectivity index (χ0) is 23.2. The van der Waals surface area contributed by atoms with E-state index >= 15 is 0 Å². The smallest absolute Gasteiger partial charge is 0.245 e. The molecule has 6 nitrogen and oxygen atoms in total. The van der Waals surface area contributed by atoms with E-state index in [1.54, 1.807) is 11.8 Å². The van der Waals surface area contributed by atoms with Gasteiger partial charge in [-0.25, -0.2) is 4.98 Å². The summed E-state index contributed by atoms with van der Waals surface area (Å²) < 4.78 is 2.03. The second kappa shape index (κ2) is 8.45. The number of para-hydroxylation sites is 3. The highest BCUT2D eigenvalue weighted by Gasteiger charge is 2.33. The number of aryl methyl sites for hydroxylation is 1. The summed E-state index contributed by atoms with van der Waals surface area (Å²) in [5, 5.41) is 10.1. The summed E-state index contributed by atoms with van der Waals surface area (Å²) >= 11 is 3.07. The maximum atomic E-state index is 13.9. The summed E-state index contributed by atoms with van der Waals surface area (Å²) in [7, 11) is 1.98. The van der Waals surface area contributed by atoms with Crippen molar-refractivity contribution in [2.24, 2.45) is 7.05 Å². The van der Waals surface area contributed by atoms with E-state index in [-0.39, 0.29) is 11.2 Å². The fourth-order valence-electron chi connectivity index (χ4n) is 4.36. The summed E-state index contributed by atoms with van der Waals surface area (Å²) in [6.07, 6.45) is 0.647. The lowest BCUT2D eigenvalue weighted by Gasteiger charge is -2.33. The number of hydrogen-bond acceptors (Lipinski definition) is 6. The molecule has 8 heteroatoms. The third-order valence-corrected chi connectivity index (χ3v) is 8.37. The molecule has 1 aliphatic rings. The number of benzene rings is 3. The molecule has 1 unspecified atom stereocenters. The van der Waals surface area contributed by atoms with Crippen molar-refractivity contribution in [1.82, 2.24) is 19.7 Å². The number of nitrogens with zero attached hydrogens (tertiary/aromatic N) is 5. The highest BCUT2D eigenvalue weighted by molar-refractivity contribution is 8.00. The summed E-state index contributed by atoms with van der Waals surface area (Å²) in [5.41, 5.74) is 4.43. The molecule has 168 valence electrons. The molecule has 1 atom stereocenters. The molecule has 34 heavy (non-hydrogen) atoms. The standard InChI is InChI=1S/C26H21N5OS2/c1-3-20(34-26-27-24-23(28-29-26)16-10-4-5-11-17(16)30(24)2)25(32)31-18-12-6-8-14-21(18)33-22-15-9-7-13-19(22)31/h4-15,20H,3H2,1-2H3. The van der Waals surface area contributed by atoms with Gasteiger partial charge in [-0.05, 0) is 36.8 Å². The minimum absolute atomic E-state index is 0.0217. The van der Waals surface area contributed by atoms with Gasteiger partial charge >= 0.3 is 0 Å². The minimum atomic E-state index is -0.349. The molecule has 0 radical (unpaired) electrons. The Hall–Kier alpha value is -3.36. The largest absolute Gasteiger partial charge is 0.327 e. The van der Waals surface area contributed by atoms with Gasteiger partial charge in [0.15, 0.2) is 5.65 Å². The van der Waals surface area contributed by atoms with E-state index in [9.17, 15) is 4.79 Å². The normalized spacial score (nSPS) is 13.6. The molecule has 1 aliphatic heterocycles. The van der Waals surface area contributed by atoms with Crippen LogP contribution in [-0.4, -0.2) is 30.9 Å². The number of hydrogen-bond donors (Lipinski definition) is 0. The number of rotatable bonds is 4. The molecule has 3 heterocycles. The van der Waals surface area contributed by atoms with Crippen LogP contribution in [0.5, 0.6) is 0 Å². The number of fused-ring (bicyclic) bond motifs is 5. The number of thioether (sulfide) groups is 1. The van der Waals surface area contributed by atoms with Gasteiger partial charge in [-0.2, -0.15) is 0 Å². The first-order chi connectivity index (χ1) is 16.7. The minimum Gasteiger partial charge on any atom is -0.327 e. The Labute approximate surface area is 205 Å². The molecule has 1 amide bonds. The van der Waals surface area contributed by atoms with Crippen molar-refractivity contribution in [3.05, 3.63) is 72.8 Å². The van der Waals surface area contributed by atoms with Crippen LogP contribution >= 0.6 is 23.5 Å². The van der Waals surface area contributed by atoms with Crippen molar-refractivity contribution in [2.45, 2.75) is 33.5 Å². The highest BCUT2D eigenvalue weighted by Crippen LogP contribution is 2.48. The molecule has 0 saturated carbocycles. The van der Waals surface area contributed by atoms with E-state index < -0.39 is 0 Å². The van der Waals surface area contributed by atoms with Gasteiger partial charge in [0.05, 0.1) is 22.1 Å². The second-order valence-electron chi connectivity index (χ2n) is 8.07. The number of amides is 1. The van der Waals surface area contributed by atoms with Gasteiger partial charge < -0.3 is 4.57 Å². The number of carbonyl (C=O) groups excluding carboxylic acids is 1. The molecule has 6 rings (SSSR count). The lowest BCUT2D eigenvalue weighted by molar-refractivity contribution is -0.117. The van der Waals surface area contributed by atoms with Crippen molar-refractivity contribution in [3.63, 3.8) is 0 Å². The Morgan fingerprint density at radius 2 is 1.59 bits per heavy atom. The first-order valence-electron chi connectivity index (χ1n) is 11.1. The molecule has 0 bridgehead atoms. The van der Waals surface area contributed by atoms with Crippen LogP contribution in [0.25, 0.3) is 22.1 Å². The van der Waals surface area contributed by atoms with Crippen LogP contribution in [0.15, 0.2) is 87.7 Å². The van der Waals surface area contributed by atoms with E-state index in [0.717, 1.165) is 43.2 Å². The third-order valence-electron chi connectivity index (χ3n) is 6.03. The average Bonchev–Trinajstić information content (AvgIpc) is 3.17. The Kier molecular flexibility index (Phi) is 5.27. The predicted octanol–water partition coefficient (Wildman–Crippen LogP) is 6.22. The first kappa shape index (κ1) is 21.2. The average molecular weight is 484 g/mol. The molecular weight excluding hydrogens is 462 g/mol. The van der Waals surface area contributed by atoms with Crippen molar-refractivity contribution >= 4 is 62.9 Å². The van der Waals surface area contributed by atoms with Gasteiger partial charge in [0.25, 0.3) is 0 Å². The molecule has 0 N–H and O–H groups in total. The number of aromatic nitrogens is 4. The lowest BCUT2D eigenvalue weighted by atomic mass is 10.2. The SMILES string of the molecule is CCC(Sc1nnc2c3ccccc3n(C)c2n1)C(=O)N1c2ccccc2Sc2ccccc21. The van der Waals surface area contributed by atoms with Crippen molar-refractivity contribution in [1.29, 1.82) is 0 Å². The fourth-order valence-corrected chi connectivity index (χ4v) is 6.28. The molecular formula is C26H21N5OS2. The van der Waals surface area contributed by atoms with Crippen LogP contribution < -0.4 is 4.90 Å². The molecule has 2 aromatic heterocycles. The lowest BCUT2D eigenvalue weighted by Crippen LogP contribution is -2.35. The first-order valence-corrected chi connectivity index (χ1v) is 12.8. The van der Waals surface area contributed by atoms with Gasteiger partial charge in [-0.3, -0.25) is 9.69 Å². The molecule has 0 saturated heterocycles. The Balaban J connectivity index is 1.38. The molecule has 3 aromatic carbocycles. The Bertz CT molecular complexity index is 1520. The summed E-state index contributed by atoms with van der Waals surface area (Å²) in [6, 6.07) is 24.2. The van der Waals surface area contributed by atoms with Crippen LogP contribution in [0.1, 0.15) is 13.3 Å². The van der Waals surface area contributed by atoms with Crippen molar-refractivity contribution < 1.29 is 4.79 Å². The van der Waals surface area contributed by atoms with E-state index in [4.69, 9.17) is 4.98 Å². The molecule has 0 fully saturated rings. The van der Waals surface area contributed by atoms with E-state index in [0.29, 0.717) is 11.6 Å². The zero-order valence-corrected chi connectivity index (χ0v) is 20.3. The van der Waals surface area contributed by atoms with Gasteiger partial charge in [-0.15, -0.1) is 10.2 Å². The Morgan fingerprint density at radius 3 is 2.29 bits per heavy atom. The molecule has 5 aromatic rings. The van der Waals surface area contributed by atoms with Crippen molar-refractivity contribution in [3.8, 4) is 0 Å². The Morgan fingerprint density at radius 1 is 0.941 bits per heavy atom. The van der Waals surface area contributed by atoms with Crippen LogP contribution in [0, 0.1) is 0 Å².